The Labute approximate surface area is 329 Å². The highest BCUT2D eigenvalue weighted by atomic mass is 16.6. The van der Waals surface area contributed by atoms with Crippen molar-refractivity contribution in [2.75, 3.05) is 106 Å². The number of hydrogen-bond acceptors (Lipinski definition) is 14. The number of hydrogen-bond donors (Lipinski definition) is 0. The lowest BCUT2D eigenvalue weighted by Crippen LogP contribution is -2.15. The molecule has 0 saturated heterocycles. The molecule has 0 unspecified atom stereocenters. The second-order valence-corrected chi connectivity index (χ2v) is 12.3. The van der Waals surface area contributed by atoms with Gasteiger partial charge < -0.3 is 56.8 Å². The highest BCUT2D eigenvalue weighted by molar-refractivity contribution is 5.39. The van der Waals surface area contributed by atoms with Gasteiger partial charge in [-0.15, -0.1) is 0 Å². The van der Waals surface area contributed by atoms with Crippen LogP contribution in [0.5, 0.6) is 23.0 Å². The van der Waals surface area contributed by atoms with Crippen LogP contribution in [-0.2, 0) is 64.3 Å². The molecule has 304 valence electrons. The van der Waals surface area contributed by atoms with Gasteiger partial charge in [0, 0.05) is 24.5 Å². The number of fused-ring (bicyclic) bond motifs is 4. The minimum atomic E-state index is 0.365. The van der Waals surface area contributed by atoms with Crippen LogP contribution in [0.1, 0.15) is 22.5 Å². The highest BCUT2D eigenvalue weighted by Gasteiger charge is 2.08. The van der Waals surface area contributed by atoms with Gasteiger partial charge in [0.1, 0.15) is 49.4 Å². The van der Waals surface area contributed by atoms with E-state index < -0.39 is 0 Å². The van der Waals surface area contributed by atoms with Crippen molar-refractivity contribution in [3.05, 3.63) is 108 Å². The largest absolute Gasteiger partial charge is 0.491 e. The van der Waals surface area contributed by atoms with E-state index in [9.17, 15) is 0 Å². The molecule has 0 radical (unpaired) electrons. The first-order chi connectivity index (χ1) is 27.8. The number of pyridine rings is 2. The van der Waals surface area contributed by atoms with Crippen LogP contribution in [0.15, 0.2) is 85.2 Å². The molecule has 0 aliphatic carbocycles. The second kappa shape index (κ2) is 27.3. The smallest absolute Gasteiger partial charge is 0.123 e. The van der Waals surface area contributed by atoms with E-state index in [0.717, 1.165) is 22.5 Å². The molecule has 0 fully saturated rings. The molecular formula is C42H54N2O12. The first-order valence-electron chi connectivity index (χ1n) is 19.0. The van der Waals surface area contributed by atoms with Gasteiger partial charge in [0.2, 0.25) is 0 Å². The molecule has 0 atom stereocenters. The maximum atomic E-state index is 6.00. The zero-order valence-corrected chi connectivity index (χ0v) is 32.0. The maximum Gasteiger partial charge on any atom is 0.123 e. The number of aromatic nitrogens is 2. The van der Waals surface area contributed by atoms with Crippen LogP contribution in [0, 0.1) is 0 Å². The molecule has 0 saturated carbocycles. The van der Waals surface area contributed by atoms with E-state index >= 15 is 0 Å². The Morgan fingerprint density at radius 2 is 0.661 bits per heavy atom. The quantitative estimate of drug-likeness (QED) is 0.231. The van der Waals surface area contributed by atoms with Gasteiger partial charge in [0.05, 0.1) is 117 Å². The predicted octanol–water partition coefficient (Wildman–Crippen LogP) is 5.24. The van der Waals surface area contributed by atoms with Crippen LogP contribution in [-0.4, -0.2) is 116 Å². The number of rotatable bonds is 8. The van der Waals surface area contributed by atoms with Crippen molar-refractivity contribution >= 4 is 0 Å². The van der Waals surface area contributed by atoms with Gasteiger partial charge in [-0.2, -0.15) is 0 Å². The molecule has 0 spiro atoms. The minimum Gasteiger partial charge on any atom is -0.491 e. The summed E-state index contributed by atoms with van der Waals surface area (Å²) in [5, 5.41) is 0. The maximum absolute atomic E-state index is 6.00. The topological polar surface area (TPSA) is 137 Å². The first-order valence-corrected chi connectivity index (χ1v) is 19.0. The molecule has 56 heavy (non-hydrogen) atoms. The lowest BCUT2D eigenvalue weighted by Gasteiger charge is -2.14. The Bertz CT molecular complexity index is 1420. The fourth-order valence-electron chi connectivity index (χ4n) is 5.23. The van der Waals surface area contributed by atoms with Gasteiger partial charge in [-0.1, -0.05) is 12.1 Å². The summed E-state index contributed by atoms with van der Waals surface area (Å²) < 4.78 is 69.9. The third-order valence-electron chi connectivity index (χ3n) is 7.84. The van der Waals surface area contributed by atoms with Crippen LogP contribution in [0.25, 0.3) is 0 Å². The Kier molecular flexibility index (Phi) is 20.8. The lowest BCUT2D eigenvalue weighted by atomic mass is 10.2. The normalized spacial score (nSPS) is 16.7. The van der Waals surface area contributed by atoms with E-state index in [4.69, 9.17) is 56.8 Å². The van der Waals surface area contributed by atoms with Crippen molar-refractivity contribution in [2.45, 2.75) is 26.4 Å². The molecule has 1 aliphatic heterocycles. The number of benzene rings is 2. The van der Waals surface area contributed by atoms with Crippen LogP contribution < -0.4 is 18.9 Å². The molecule has 3 heterocycles. The average Bonchev–Trinajstić information content (AvgIpc) is 3.22. The van der Waals surface area contributed by atoms with Crippen molar-refractivity contribution in [2.24, 2.45) is 0 Å². The van der Waals surface area contributed by atoms with Crippen LogP contribution in [0.4, 0.5) is 0 Å². The summed E-state index contributed by atoms with van der Waals surface area (Å²) in [7, 11) is 0. The van der Waals surface area contributed by atoms with Gasteiger partial charge in [-0.25, -0.2) is 0 Å². The molecule has 0 N–H and O–H groups in total. The molecule has 4 aromatic rings. The molecule has 14 heteroatoms. The summed E-state index contributed by atoms with van der Waals surface area (Å²) in [5.74, 6) is 2.64. The van der Waals surface area contributed by atoms with Gasteiger partial charge in [-0.3, -0.25) is 9.97 Å². The van der Waals surface area contributed by atoms with Crippen molar-refractivity contribution < 1.29 is 56.8 Å². The van der Waals surface area contributed by atoms with Crippen LogP contribution in [0.3, 0.4) is 0 Å². The van der Waals surface area contributed by atoms with Crippen LogP contribution >= 0.6 is 0 Å². The standard InChI is InChI=1S/C42H54N2O12/c1-3-7-43-37(5-1)33-51-31-35-25-39-29-40(26-35)54-22-18-48-14-10-46-12-16-50-20-24-56-42-28-36(32-52-34-38-6-2-4-8-44-38)27-41(30-42)55-23-19-49-15-11-45-9-13-47-17-21-53-39/h1-8,25-30H,9-24,31-34H2. The monoisotopic (exact) mass is 778 g/mol. The zero-order valence-electron chi connectivity index (χ0n) is 32.0. The zero-order chi connectivity index (χ0) is 38.6. The Morgan fingerprint density at radius 1 is 0.357 bits per heavy atom. The Hall–Kier alpha value is -4.38. The summed E-state index contributed by atoms with van der Waals surface area (Å²) >= 11 is 0. The van der Waals surface area contributed by atoms with Gasteiger partial charge in [0.15, 0.2) is 0 Å². The van der Waals surface area contributed by atoms with E-state index in [1.165, 1.54) is 0 Å². The van der Waals surface area contributed by atoms with E-state index in [0.29, 0.717) is 155 Å². The summed E-state index contributed by atoms with van der Waals surface area (Å²) in [6.45, 7) is 8.13. The Morgan fingerprint density at radius 3 is 0.946 bits per heavy atom. The van der Waals surface area contributed by atoms with Crippen molar-refractivity contribution in [1.82, 2.24) is 9.97 Å². The highest BCUT2D eigenvalue weighted by Crippen LogP contribution is 2.25. The van der Waals surface area contributed by atoms with E-state index in [2.05, 4.69) is 9.97 Å². The van der Waals surface area contributed by atoms with E-state index in [1.54, 1.807) is 12.4 Å². The molecule has 2 aromatic heterocycles. The van der Waals surface area contributed by atoms with Gasteiger partial charge >= 0.3 is 0 Å². The van der Waals surface area contributed by atoms with E-state index in [-0.39, 0.29) is 0 Å². The summed E-state index contributed by atoms with van der Waals surface area (Å²) in [6, 6.07) is 22.9. The molecule has 4 bridgehead atoms. The fraction of sp³-hybridized carbons (Fsp3) is 0.476. The fourth-order valence-corrected chi connectivity index (χ4v) is 5.23. The third-order valence-corrected chi connectivity index (χ3v) is 7.84. The SMILES string of the molecule is c1ccc(COCc2cc3cc(c2)OCCOCCOCCOCCOc2cc(COCc4ccccn4)cc(c2)OCCOCCOCCOCCO3)nc1. The van der Waals surface area contributed by atoms with Gasteiger partial charge in [0.25, 0.3) is 0 Å². The van der Waals surface area contributed by atoms with Gasteiger partial charge in [-0.05, 0) is 59.7 Å². The molecule has 1 aliphatic rings. The molecule has 5 rings (SSSR count). The summed E-state index contributed by atoms with van der Waals surface area (Å²) in [6.07, 6.45) is 3.50. The van der Waals surface area contributed by atoms with E-state index in [1.807, 2.05) is 72.8 Å². The predicted molar refractivity (Wildman–Crippen MR) is 205 cm³/mol. The first kappa shape index (κ1) is 42.8. The second-order valence-electron chi connectivity index (χ2n) is 12.3. The molecule has 0 amide bonds. The van der Waals surface area contributed by atoms with Crippen molar-refractivity contribution in [3.8, 4) is 23.0 Å². The lowest BCUT2D eigenvalue weighted by molar-refractivity contribution is 0.00429. The van der Waals surface area contributed by atoms with Crippen molar-refractivity contribution in [1.29, 1.82) is 0 Å². The molecule has 14 nitrogen and oxygen atoms in total. The third kappa shape index (κ3) is 18.5. The van der Waals surface area contributed by atoms with Crippen molar-refractivity contribution in [3.63, 3.8) is 0 Å². The number of ether oxygens (including phenoxy) is 12. The van der Waals surface area contributed by atoms with Crippen LogP contribution in [0.2, 0.25) is 0 Å². The summed E-state index contributed by atoms with van der Waals surface area (Å²) in [4.78, 5) is 8.63. The Balaban J connectivity index is 1.06. The molecular weight excluding hydrogens is 724 g/mol. The number of nitrogens with zero attached hydrogens (tertiary/aromatic N) is 2. The average molecular weight is 779 g/mol. The summed E-state index contributed by atoms with van der Waals surface area (Å²) in [5.41, 5.74) is 3.55. The molecule has 2 aromatic carbocycles. The minimum absolute atomic E-state index is 0.365.